The van der Waals surface area contributed by atoms with Crippen molar-refractivity contribution >= 4 is 5.78 Å². The van der Waals surface area contributed by atoms with Gasteiger partial charge < -0.3 is 25.5 Å². The molecule has 0 spiro atoms. The Kier molecular flexibility index (Phi) is 5.90. The van der Waals surface area contributed by atoms with Crippen molar-refractivity contribution in [2.45, 2.75) is 44.8 Å². The highest BCUT2D eigenvalue weighted by Crippen LogP contribution is 2.33. The first-order valence-corrected chi connectivity index (χ1v) is 8.35. The van der Waals surface area contributed by atoms with E-state index in [0.717, 1.165) is 0 Å². The monoisotopic (exact) mass is 360 g/mol. The van der Waals surface area contributed by atoms with Gasteiger partial charge in [0, 0.05) is 24.0 Å². The van der Waals surface area contributed by atoms with E-state index in [2.05, 4.69) is 0 Å². The van der Waals surface area contributed by atoms with Gasteiger partial charge in [0.1, 0.15) is 17.2 Å². The molecule has 140 valence electrons. The van der Waals surface area contributed by atoms with Crippen LogP contribution in [0, 0.1) is 0 Å². The molecule has 0 aliphatic heterocycles. The van der Waals surface area contributed by atoms with Crippen molar-refractivity contribution < 1.29 is 30.3 Å². The fraction of sp³-hybridized carbons (Fsp3) is 0.350. The van der Waals surface area contributed by atoms with E-state index >= 15 is 0 Å². The van der Waals surface area contributed by atoms with Crippen LogP contribution in [0.4, 0.5) is 0 Å². The summed E-state index contributed by atoms with van der Waals surface area (Å²) in [6, 6.07) is 8.84. The Bertz CT molecular complexity index is 774. The Balaban J connectivity index is 2.14. The van der Waals surface area contributed by atoms with Crippen LogP contribution in [0.1, 0.15) is 41.8 Å². The van der Waals surface area contributed by atoms with E-state index in [4.69, 9.17) is 0 Å². The number of carbonyl (C=O) groups is 1. The van der Waals surface area contributed by atoms with Gasteiger partial charge in [0.15, 0.2) is 5.78 Å². The average molecular weight is 360 g/mol. The molecule has 2 aromatic carbocycles. The minimum absolute atomic E-state index is 0.0766. The lowest BCUT2D eigenvalue weighted by molar-refractivity contribution is -0.0473. The van der Waals surface area contributed by atoms with Crippen LogP contribution in [0.3, 0.4) is 0 Å². The first kappa shape index (κ1) is 19.8. The fourth-order valence-corrected chi connectivity index (χ4v) is 2.56. The maximum absolute atomic E-state index is 12.2. The van der Waals surface area contributed by atoms with Crippen LogP contribution in [-0.2, 0) is 12.8 Å². The molecule has 0 fully saturated rings. The zero-order valence-electron chi connectivity index (χ0n) is 14.8. The maximum atomic E-state index is 12.2. The summed E-state index contributed by atoms with van der Waals surface area (Å²) in [5, 5.41) is 49.5. The molecule has 2 rings (SSSR count). The van der Waals surface area contributed by atoms with E-state index in [1.807, 2.05) is 0 Å². The number of aliphatic hydroxyl groups is 2. The number of benzene rings is 2. The Morgan fingerprint density at radius 1 is 1.04 bits per heavy atom. The SMILES string of the molecule is CC(C)(O)[C@H](O)Cc1c(O)ccc(CCC(=O)c2ccc(O)cc2)c1O. The summed E-state index contributed by atoms with van der Waals surface area (Å²) in [5.41, 5.74) is -0.329. The minimum Gasteiger partial charge on any atom is -0.508 e. The lowest BCUT2D eigenvalue weighted by Crippen LogP contribution is -2.37. The number of carbonyl (C=O) groups excluding carboxylic acids is 1. The molecular weight excluding hydrogens is 336 g/mol. The number of Topliss-reactive ketones (excluding diaryl/α,β-unsaturated/α-hetero) is 1. The molecule has 0 aromatic heterocycles. The second kappa shape index (κ2) is 7.76. The molecule has 0 heterocycles. The lowest BCUT2D eigenvalue weighted by atomic mass is 9.92. The molecule has 0 saturated heterocycles. The van der Waals surface area contributed by atoms with Crippen molar-refractivity contribution in [2.24, 2.45) is 0 Å². The Labute approximate surface area is 152 Å². The zero-order valence-corrected chi connectivity index (χ0v) is 14.8. The highest BCUT2D eigenvalue weighted by molar-refractivity contribution is 5.96. The van der Waals surface area contributed by atoms with E-state index < -0.39 is 11.7 Å². The Morgan fingerprint density at radius 3 is 2.23 bits per heavy atom. The molecule has 0 bridgehead atoms. The molecule has 0 aliphatic carbocycles. The van der Waals surface area contributed by atoms with Crippen molar-refractivity contribution in [3.63, 3.8) is 0 Å². The van der Waals surface area contributed by atoms with Gasteiger partial charge in [-0.05, 0) is 56.2 Å². The largest absolute Gasteiger partial charge is 0.508 e. The number of aromatic hydroxyl groups is 3. The highest BCUT2D eigenvalue weighted by atomic mass is 16.3. The van der Waals surface area contributed by atoms with Crippen LogP contribution in [0.25, 0.3) is 0 Å². The van der Waals surface area contributed by atoms with Crippen LogP contribution in [0.2, 0.25) is 0 Å². The smallest absolute Gasteiger partial charge is 0.163 e. The lowest BCUT2D eigenvalue weighted by Gasteiger charge is -2.25. The molecule has 6 nitrogen and oxygen atoms in total. The molecule has 1 atom stereocenters. The molecule has 0 aliphatic rings. The number of phenolic OH excluding ortho intramolecular Hbond substituents is 3. The van der Waals surface area contributed by atoms with E-state index in [1.54, 1.807) is 0 Å². The molecule has 0 amide bonds. The van der Waals surface area contributed by atoms with Crippen molar-refractivity contribution in [1.29, 1.82) is 0 Å². The number of rotatable bonds is 7. The normalized spacial score (nSPS) is 12.8. The summed E-state index contributed by atoms with van der Waals surface area (Å²) in [4.78, 5) is 12.2. The van der Waals surface area contributed by atoms with Gasteiger partial charge in [0.05, 0.1) is 11.7 Å². The third-order valence-electron chi connectivity index (χ3n) is 4.37. The number of aryl methyl sites for hydroxylation is 1. The Hall–Kier alpha value is -2.57. The second-order valence-electron chi connectivity index (χ2n) is 6.91. The highest BCUT2D eigenvalue weighted by Gasteiger charge is 2.27. The predicted octanol–water partition coefficient (Wildman–Crippen LogP) is 2.29. The number of ketones is 1. The second-order valence-corrected chi connectivity index (χ2v) is 6.91. The van der Waals surface area contributed by atoms with Crippen LogP contribution >= 0.6 is 0 Å². The molecule has 2 aromatic rings. The van der Waals surface area contributed by atoms with Crippen LogP contribution in [-0.4, -0.2) is 43.0 Å². The van der Waals surface area contributed by atoms with Gasteiger partial charge in [0.2, 0.25) is 0 Å². The van der Waals surface area contributed by atoms with E-state index in [1.165, 1.54) is 50.2 Å². The summed E-state index contributed by atoms with van der Waals surface area (Å²) in [6.45, 7) is 2.87. The number of phenols is 3. The molecule has 5 N–H and O–H groups in total. The van der Waals surface area contributed by atoms with Crippen molar-refractivity contribution in [3.8, 4) is 17.2 Å². The number of aliphatic hydroxyl groups excluding tert-OH is 1. The predicted molar refractivity (Wildman–Crippen MR) is 96.5 cm³/mol. The quantitative estimate of drug-likeness (QED) is 0.484. The summed E-state index contributed by atoms with van der Waals surface area (Å²) in [7, 11) is 0. The van der Waals surface area contributed by atoms with Gasteiger partial charge in [-0.3, -0.25) is 4.79 Å². The van der Waals surface area contributed by atoms with Gasteiger partial charge in [-0.2, -0.15) is 0 Å². The standard InChI is InChI=1S/C20H24O6/c1-20(2,26)18(24)11-15-17(23)10-6-13(19(15)25)5-9-16(22)12-3-7-14(21)8-4-12/h3-4,6-8,10,18,21,23-26H,5,9,11H2,1-2H3/t18-/m1/s1. The molecule has 0 saturated carbocycles. The zero-order chi connectivity index (χ0) is 19.5. The topological polar surface area (TPSA) is 118 Å². The summed E-state index contributed by atoms with van der Waals surface area (Å²) >= 11 is 0. The van der Waals surface area contributed by atoms with Gasteiger partial charge >= 0.3 is 0 Å². The molecule has 0 radical (unpaired) electrons. The third kappa shape index (κ3) is 4.74. The average Bonchev–Trinajstić information content (AvgIpc) is 2.57. The van der Waals surface area contributed by atoms with Crippen molar-refractivity contribution in [1.82, 2.24) is 0 Å². The van der Waals surface area contributed by atoms with E-state index in [-0.39, 0.29) is 47.9 Å². The van der Waals surface area contributed by atoms with Crippen molar-refractivity contribution in [3.05, 3.63) is 53.1 Å². The maximum Gasteiger partial charge on any atom is 0.163 e. The summed E-state index contributed by atoms with van der Waals surface area (Å²) in [6.07, 6.45) is -0.914. The number of hydrogen-bond donors (Lipinski definition) is 5. The van der Waals surface area contributed by atoms with Crippen molar-refractivity contribution in [2.75, 3.05) is 0 Å². The van der Waals surface area contributed by atoms with Gasteiger partial charge in [-0.25, -0.2) is 0 Å². The first-order valence-electron chi connectivity index (χ1n) is 8.35. The summed E-state index contributed by atoms with van der Waals surface area (Å²) in [5.74, 6) is -0.436. The third-order valence-corrected chi connectivity index (χ3v) is 4.37. The summed E-state index contributed by atoms with van der Waals surface area (Å²) < 4.78 is 0. The van der Waals surface area contributed by atoms with Crippen LogP contribution in [0.15, 0.2) is 36.4 Å². The fourth-order valence-electron chi connectivity index (χ4n) is 2.56. The van der Waals surface area contributed by atoms with Crippen LogP contribution < -0.4 is 0 Å². The van der Waals surface area contributed by atoms with E-state index in [0.29, 0.717) is 11.1 Å². The first-order chi connectivity index (χ1) is 12.1. The van der Waals surface area contributed by atoms with E-state index in [9.17, 15) is 30.3 Å². The molecular formula is C20H24O6. The van der Waals surface area contributed by atoms with Gasteiger partial charge in [-0.1, -0.05) is 6.07 Å². The minimum atomic E-state index is -1.39. The molecule has 26 heavy (non-hydrogen) atoms. The number of hydrogen-bond acceptors (Lipinski definition) is 6. The molecule has 6 heteroatoms. The molecule has 0 unspecified atom stereocenters. The van der Waals surface area contributed by atoms with Gasteiger partial charge in [0.25, 0.3) is 0 Å². The van der Waals surface area contributed by atoms with Crippen LogP contribution in [0.5, 0.6) is 17.2 Å². The van der Waals surface area contributed by atoms with Gasteiger partial charge in [-0.15, -0.1) is 0 Å². The Morgan fingerprint density at radius 2 is 1.65 bits per heavy atom.